The highest BCUT2D eigenvalue weighted by Gasteiger charge is 2.23. The van der Waals surface area contributed by atoms with Gasteiger partial charge in [-0.2, -0.15) is 0 Å². The van der Waals surface area contributed by atoms with Crippen LogP contribution in [0.25, 0.3) is 0 Å². The summed E-state index contributed by atoms with van der Waals surface area (Å²) < 4.78 is 0. The van der Waals surface area contributed by atoms with Gasteiger partial charge >= 0.3 is 0 Å². The number of Topliss-reactive ketones (excluding diaryl/α,β-unsaturated/α-hetero) is 1. The Kier molecular flexibility index (Phi) is 6.34. The molecule has 2 N–H and O–H groups in total. The van der Waals surface area contributed by atoms with Gasteiger partial charge in [0.15, 0.2) is 5.78 Å². The van der Waals surface area contributed by atoms with Crippen molar-refractivity contribution < 1.29 is 9.59 Å². The highest BCUT2D eigenvalue weighted by molar-refractivity contribution is 5.89. The van der Waals surface area contributed by atoms with E-state index in [-0.39, 0.29) is 23.3 Å². The summed E-state index contributed by atoms with van der Waals surface area (Å²) in [5.74, 6) is 0.154. The van der Waals surface area contributed by atoms with E-state index in [0.29, 0.717) is 19.4 Å². The first kappa shape index (κ1) is 17.7. The molecule has 1 aliphatic rings. The number of carbonyl (C=O) groups is 2. The summed E-state index contributed by atoms with van der Waals surface area (Å²) in [7, 11) is 0. The van der Waals surface area contributed by atoms with Gasteiger partial charge in [0.2, 0.25) is 5.91 Å². The lowest BCUT2D eigenvalue weighted by molar-refractivity contribution is -0.127. The molecular formula is C19H28N2O2. The Labute approximate surface area is 139 Å². The molecule has 0 aromatic heterocycles. The third kappa shape index (κ3) is 6.14. The van der Waals surface area contributed by atoms with Crippen molar-refractivity contribution in [1.82, 2.24) is 10.6 Å². The van der Waals surface area contributed by atoms with Crippen LogP contribution in [-0.2, 0) is 16.0 Å². The minimum atomic E-state index is -0.288. The predicted octanol–water partition coefficient (Wildman–Crippen LogP) is 2.62. The highest BCUT2D eigenvalue weighted by atomic mass is 16.2. The number of hydrogen-bond acceptors (Lipinski definition) is 3. The summed E-state index contributed by atoms with van der Waals surface area (Å²) in [5, 5.41) is 6.32. The third-order valence-electron chi connectivity index (χ3n) is 4.33. The average Bonchev–Trinajstić information content (AvgIpc) is 2.72. The Morgan fingerprint density at radius 1 is 1.26 bits per heavy atom. The van der Waals surface area contributed by atoms with E-state index in [1.807, 2.05) is 18.2 Å². The van der Waals surface area contributed by atoms with Crippen molar-refractivity contribution in [3.05, 3.63) is 35.9 Å². The van der Waals surface area contributed by atoms with E-state index in [1.54, 1.807) is 0 Å². The van der Waals surface area contributed by atoms with Crippen LogP contribution in [0.2, 0.25) is 0 Å². The quantitative estimate of drug-likeness (QED) is 0.813. The first-order chi connectivity index (χ1) is 11.0. The highest BCUT2D eigenvalue weighted by Crippen LogP contribution is 2.14. The first-order valence-corrected chi connectivity index (χ1v) is 8.57. The SMILES string of the molecule is CC(C)(Cc1ccccc1)NCCC(=O)C1CCCCC(=O)N1. The molecule has 23 heavy (non-hydrogen) atoms. The second kappa shape index (κ2) is 8.25. The molecule has 4 nitrogen and oxygen atoms in total. The molecule has 1 unspecified atom stereocenters. The maximum atomic E-state index is 12.3. The van der Waals surface area contributed by atoms with E-state index in [2.05, 4.69) is 36.6 Å². The van der Waals surface area contributed by atoms with E-state index in [9.17, 15) is 9.59 Å². The first-order valence-electron chi connectivity index (χ1n) is 8.57. The number of nitrogens with one attached hydrogen (secondary N) is 2. The van der Waals surface area contributed by atoms with E-state index in [4.69, 9.17) is 0 Å². The van der Waals surface area contributed by atoms with E-state index in [1.165, 1.54) is 5.56 Å². The summed E-state index contributed by atoms with van der Waals surface area (Å²) in [6.07, 6.45) is 4.54. The van der Waals surface area contributed by atoms with Gasteiger partial charge in [0, 0.05) is 24.9 Å². The largest absolute Gasteiger partial charge is 0.346 e. The molecule has 1 fully saturated rings. The minimum Gasteiger partial charge on any atom is -0.346 e. The molecular weight excluding hydrogens is 288 g/mol. The Hall–Kier alpha value is -1.68. The molecule has 1 atom stereocenters. The van der Waals surface area contributed by atoms with Crippen molar-refractivity contribution in [2.24, 2.45) is 0 Å². The molecule has 0 spiro atoms. The van der Waals surface area contributed by atoms with E-state index >= 15 is 0 Å². The summed E-state index contributed by atoms with van der Waals surface area (Å²) in [4.78, 5) is 23.8. The molecule has 1 aromatic rings. The van der Waals surface area contributed by atoms with E-state index < -0.39 is 0 Å². The summed E-state index contributed by atoms with van der Waals surface area (Å²) >= 11 is 0. The van der Waals surface area contributed by atoms with Crippen molar-refractivity contribution in [3.8, 4) is 0 Å². The molecule has 0 aliphatic carbocycles. The Morgan fingerprint density at radius 2 is 2.00 bits per heavy atom. The monoisotopic (exact) mass is 316 g/mol. The number of amides is 1. The number of benzene rings is 1. The van der Waals surface area contributed by atoms with Crippen molar-refractivity contribution in [3.63, 3.8) is 0 Å². The minimum absolute atomic E-state index is 0.0122. The number of hydrogen-bond donors (Lipinski definition) is 2. The van der Waals surface area contributed by atoms with Crippen LogP contribution in [0.15, 0.2) is 30.3 Å². The van der Waals surface area contributed by atoms with Crippen LogP contribution < -0.4 is 10.6 Å². The van der Waals surface area contributed by atoms with Crippen LogP contribution in [-0.4, -0.2) is 29.8 Å². The zero-order chi connectivity index (χ0) is 16.7. The standard InChI is InChI=1S/C19H28N2O2/c1-19(2,14-15-8-4-3-5-9-15)20-13-12-17(22)16-10-6-7-11-18(23)21-16/h3-5,8-9,16,20H,6-7,10-14H2,1-2H3,(H,21,23). The molecule has 1 heterocycles. The lowest BCUT2D eigenvalue weighted by Crippen LogP contribution is -2.44. The fourth-order valence-corrected chi connectivity index (χ4v) is 3.08. The fourth-order valence-electron chi connectivity index (χ4n) is 3.08. The van der Waals surface area contributed by atoms with Gasteiger partial charge in [-0.25, -0.2) is 0 Å². The van der Waals surface area contributed by atoms with Crippen molar-refractivity contribution in [1.29, 1.82) is 0 Å². The van der Waals surface area contributed by atoms with Crippen LogP contribution in [0.3, 0.4) is 0 Å². The van der Waals surface area contributed by atoms with Gasteiger partial charge < -0.3 is 10.6 Å². The Bertz CT molecular complexity index is 525. The van der Waals surface area contributed by atoms with Gasteiger partial charge in [-0.3, -0.25) is 9.59 Å². The Balaban J connectivity index is 1.76. The molecule has 4 heteroatoms. The molecule has 2 rings (SSSR count). The molecule has 126 valence electrons. The lowest BCUT2D eigenvalue weighted by atomic mass is 9.94. The topological polar surface area (TPSA) is 58.2 Å². The molecule has 1 aliphatic heterocycles. The lowest BCUT2D eigenvalue weighted by Gasteiger charge is -2.27. The van der Waals surface area contributed by atoms with Crippen LogP contribution >= 0.6 is 0 Å². The number of carbonyl (C=O) groups excluding carboxylic acids is 2. The van der Waals surface area contributed by atoms with Crippen LogP contribution in [0, 0.1) is 0 Å². The van der Waals surface area contributed by atoms with Crippen molar-refractivity contribution in [2.45, 2.75) is 64.0 Å². The molecule has 0 radical (unpaired) electrons. The number of ketones is 1. The smallest absolute Gasteiger partial charge is 0.220 e. The predicted molar refractivity (Wildman–Crippen MR) is 92.3 cm³/mol. The number of rotatable bonds is 7. The zero-order valence-corrected chi connectivity index (χ0v) is 14.2. The Morgan fingerprint density at radius 3 is 2.74 bits per heavy atom. The summed E-state index contributed by atoms with van der Waals surface area (Å²) in [5.41, 5.74) is 1.22. The average molecular weight is 316 g/mol. The molecule has 1 amide bonds. The van der Waals surface area contributed by atoms with Crippen molar-refractivity contribution in [2.75, 3.05) is 6.54 Å². The van der Waals surface area contributed by atoms with Crippen LogP contribution in [0.4, 0.5) is 0 Å². The van der Waals surface area contributed by atoms with Crippen molar-refractivity contribution >= 4 is 11.7 Å². The molecule has 1 saturated heterocycles. The second-order valence-corrected chi connectivity index (χ2v) is 7.06. The van der Waals surface area contributed by atoms with Gasteiger partial charge in [-0.15, -0.1) is 0 Å². The normalized spacial score (nSPS) is 19.0. The maximum Gasteiger partial charge on any atom is 0.220 e. The second-order valence-electron chi connectivity index (χ2n) is 7.06. The van der Waals surface area contributed by atoms with Crippen LogP contribution in [0.5, 0.6) is 0 Å². The van der Waals surface area contributed by atoms with E-state index in [0.717, 1.165) is 25.7 Å². The van der Waals surface area contributed by atoms with Gasteiger partial charge in [0.25, 0.3) is 0 Å². The summed E-state index contributed by atoms with van der Waals surface area (Å²) in [6, 6.07) is 10.1. The molecule has 0 saturated carbocycles. The fraction of sp³-hybridized carbons (Fsp3) is 0.579. The third-order valence-corrected chi connectivity index (χ3v) is 4.33. The van der Waals surface area contributed by atoms with Gasteiger partial charge in [-0.1, -0.05) is 36.8 Å². The maximum absolute atomic E-state index is 12.3. The van der Waals surface area contributed by atoms with Gasteiger partial charge in [0.05, 0.1) is 6.04 Å². The molecule has 0 bridgehead atoms. The van der Waals surface area contributed by atoms with Crippen LogP contribution in [0.1, 0.15) is 51.5 Å². The van der Waals surface area contributed by atoms with Gasteiger partial charge in [-0.05, 0) is 38.7 Å². The zero-order valence-electron chi connectivity index (χ0n) is 14.2. The summed E-state index contributed by atoms with van der Waals surface area (Å²) in [6.45, 7) is 4.95. The van der Waals surface area contributed by atoms with Gasteiger partial charge in [0.1, 0.15) is 0 Å². The molecule has 1 aromatic carbocycles.